The maximum atomic E-state index is 12.0. The Balaban J connectivity index is 2.03. The van der Waals surface area contributed by atoms with Gasteiger partial charge >= 0.3 is 0 Å². The zero-order valence-electron chi connectivity index (χ0n) is 15.4. The Kier molecular flexibility index (Phi) is 7.44. The van der Waals surface area contributed by atoms with E-state index in [-0.39, 0.29) is 18.6 Å². The lowest BCUT2D eigenvalue weighted by Crippen LogP contribution is -2.44. The summed E-state index contributed by atoms with van der Waals surface area (Å²) in [5, 5.41) is 2.87. The largest absolute Gasteiger partial charge is 0.493 e. The minimum atomic E-state index is -0.696. The summed E-state index contributed by atoms with van der Waals surface area (Å²) in [6.07, 6.45) is 0. The minimum Gasteiger partial charge on any atom is -0.493 e. The van der Waals surface area contributed by atoms with Crippen LogP contribution in [0.15, 0.2) is 48.5 Å². The fourth-order valence-corrected chi connectivity index (χ4v) is 2.47. The summed E-state index contributed by atoms with van der Waals surface area (Å²) in [6, 6.07) is 14.6. The normalized spacial score (nSPS) is 12.9. The standard InChI is InChI=1S/C20H26N2O4/c1-14(22-20(23)17(21)13-24-2)16-9-10-18(19(11-16)25-3)26-12-15-7-5-4-6-8-15/h4-11,14,17H,12-13,21H2,1-3H3,(H,22,23). The zero-order chi connectivity index (χ0) is 18.9. The average Bonchev–Trinajstić information content (AvgIpc) is 2.67. The predicted octanol–water partition coefficient (Wildman–Crippen LogP) is 2.43. The van der Waals surface area contributed by atoms with Crippen molar-refractivity contribution in [2.45, 2.75) is 25.6 Å². The second-order valence-electron chi connectivity index (χ2n) is 5.98. The van der Waals surface area contributed by atoms with Gasteiger partial charge in [0.25, 0.3) is 0 Å². The molecule has 0 spiro atoms. The Morgan fingerprint density at radius 3 is 2.50 bits per heavy atom. The van der Waals surface area contributed by atoms with E-state index in [0.717, 1.165) is 11.1 Å². The van der Waals surface area contributed by atoms with Crippen LogP contribution in [-0.4, -0.2) is 32.8 Å². The van der Waals surface area contributed by atoms with Gasteiger partial charge in [-0.2, -0.15) is 0 Å². The molecule has 0 aliphatic carbocycles. The summed E-state index contributed by atoms with van der Waals surface area (Å²) in [6.45, 7) is 2.51. The summed E-state index contributed by atoms with van der Waals surface area (Å²) in [7, 11) is 3.10. The first kappa shape index (κ1) is 19.8. The molecule has 0 saturated carbocycles. The van der Waals surface area contributed by atoms with Crippen LogP contribution in [0.1, 0.15) is 24.1 Å². The molecule has 0 aromatic heterocycles. The van der Waals surface area contributed by atoms with Crippen molar-refractivity contribution in [3.05, 3.63) is 59.7 Å². The van der Waals surface area contributed by atoms with Crippen molar-refractivity contribution in [3.63, 3.8) is 0 Å². The van der Waals surface area contributed by atoms with Crippen LogP contribution in [0.4, 0.5) is 0 Å². The van der Waals surface area contributed by atoms with Gasteiger partial charge in [-0.05, 0) is 30.2 Å². The lowest BCUT2D eigenvalue weighted by atomic mass is 10.1. The Bertz CT molecular complexity index is 706. The molecule has 0 saturated heterocycles. The summed E-state index contributed by atoms with van der Waals surface area (Å²) < 4.78 is 16.2. The Morgan fingerprint density at radius 1 is 1.12 bits per heavy atom. The van der Waals surface area contributed by atoms with Gasteiger partial charge in [0.2, 0.25) is 5.91 Å². The molecule has 2 aromatic rings. The SMILES string of the molecule is COCC(N)C(=O)NC(C)c1ccc(OCc2ccccc2)c(OC)c1. The van der Waals surface area contributed by atoms with Crippen molar-refractivity contribution in [3.8, 4) is 11.5 Å². The van der Waals surface area contributed by atoms with E-state index in [1.165, 1.54) is 7.11 Å². The van der Waals surface area contributed by atoms with Crippen LogP contribution in [0, 0.1) is 0 Å². The third-order valence-electron chi connectivity index (χ3n) is 3.97. The highest BCUT2D eigenvalue weighted by Gasteiger charge is 2.17. The molecule has 2 unspecified atom stereocenters. The maximum Gasteiger partial charge on any atom is 0.239 e. The third kappa shape index (κ3) is 5.47. The van der Waals surface area contributed by atoms with E-state index in [2.05, 4.69) is 5.32 Å². The van der Waals surface area contributed by atoms with E-state index >= 15 is 0 Å². The monoisotopic (exact) mass is 358 g/mol. The van der Waals surface area contributed by atoms with Crippen molar-refractivity contribution in [1.29, 1.82) is 0 Å². The van der Waals surface area contributed by atoms with Crippen LogP contribution in [-0.2, 0) is 16.1 Å². The number of carbonyl (C=O) groups is 1. The third-order valence-corrected chi connectivity index (χ3v) is 3.97. The van der Waals surface area contributed by atoms with Crippen molar-refractivity contribution in [2.24, 2.45) is 5.73 Å². The number of hydrogen-bond donors (Lipinski definition) is 2. The second-order valence-corrected chi connectivity index (χ2v) is 5.98. The van der Waals surface area contributed by atoms with Crippen LogP contribution >= 0.6 is 0 Å². The second kappa shape index (κ2) is 9.79. The van der Waals surface area contributed by atoms with Gasteiger partial charge in [-0.25, -0.2) is 0 Å². The lowest BCUT2D eigenvalue weighted by Gasteiger charge is -2.19. The molecule has 6 nitrogen and oxygen atoms in total. The van der Waals surface area contributed by atoms with Gasteiger partial charge in [-0.15, -0.1) is 0 Å². The first-order chi connectivity index (χ1) is 12.5. The maximum absolute atomic E-state index is 12.0. The van der Waals surface area contributed by atoms with Crippen LogP contribution in [0.3, 0.4) is 0 Å². The fraction of sp³-hybridized carbons (Fsp3) is 0.350. The van der Waals surface area contributed by atoms with Gasteiger partial charge in [-0.3, -0.25) is 4.79 Å². The van der Waals surface area contributed by atoms with E-state index in [1.807, 2.05) is 55.5 Å². The molecule has 0 heterocycles. The number of benzene rings is 2. The summed E-state index contributed by atoms with van der Waals surface area (Å²) in [5.41, 5.74) is 7.72. The topological polar surface area (TPSA) is 82.8 Å². The molecule has 26 heavy (non-hydrogen) atoms. The first-order valence-corrected chi connectivity index (χ1v) is 8.44. The van der Waals surface area contributed by atoms with E-state index in [0.29, 0.717) is 18.1 Å². The molecule has 2 aromatic carbocycles. The number of carbonyl (C=O) groups excluding carboxylic acids is 1. The molecule has 0 bridgehead atoms. The molecular formula is C20H26N2O4. The van der Waals surface area contributed by atoms with Crippen molar-refractivity contribution in [1.82, 2.24) is 5.32 Å². The van der Waals surface area contributed by atoms with Crippen molar-refractivity contribution in [2.75, 3.05) is 20.8 Å². The van der Waals surface area contributed by atoms with Crippen LogP contribution in [0.2, 0.25) is 0 Å². The highest BCUT2D eigenvalue weighted by atomic mass is 16.5. The number of nitrogens with one attached hydrogen (secondary N) is 1. The quantitative estimate of drug-likeness (QED) is 0.719. The van der Waals surface area contributed by atoms with Gasteiger partial charge in [0.1, 0.15) is 12.6 Å². The van der Waals surface area contributed by atoms with Gasteiger partial charge in [0.05, 0.1) is 19.8 Å². The van der Waals surface area contributed by atoms with E-state index < -0.39 is 6.04 Å². The molecule has 0 fully saturated rings. The van der Waals surface area contributed by atoms with Crippen LogP contribution in [0.25, 0.3) is 0 Å². The molecule has 0 aliphatic rings. The van der Waals surface area contributed by atoms with Gasteiger partial charge < -0.3 is 25.3 Å². The van der Waals surface area contributed by atoms with Crippen molar-refractivity contribution < 1.29 is 19.0 Å². The van der Waals surface area contributed by atoms with E-state index in [9.17, 15) is 4.79 Å². The fourth-order valence-electron chi connectivity index (χ4n) is 2.47. The Labute approximate surface area is 154 Å². The lowest BCUT2D eigenvalue weighted by molar-refractivity contribution is -0.124. The van der Waals surface area contributed by atoms with E-state index in [1.54, 1.807) is 7.11 Å². The molecule has 2 rings (SSSR count). The average molecular weight is 358 g/mol. The van der Waals surface area contributed by atoms with Gasteiger partial charge in [-0.1, -0.05) is 36.4 Å². The Hall–Kier alpha value is -2.57. The number of methoxy groups -OCH3 is 2. The molecule has 0 radical (unpaired) electrons. The van der Waals surface area contributed by atoms with Crippen LogP contribution < -0.4 is 20.5 Å². The number of amides is 1. The van der Waals surface area contributed by atoms with Crippen LogP contribution in [0.5, 0.6) is 11.5 Å². The van der Waals surface area contributed by atoms with Crippen molar-refractivity contribution >= 4 is 5.91 Å². The highest BCUT2D eigenvalue weighted by Crippen LogP contribution is 2.31. The van der Waals surface area contributed by atoms with Gasteiger partial charge in [0.15, 0.2) is 11.5 Å². The number of rotatable bonds is 9. The molecule has 140 valence electrons. The molecule has 1 amide bonds. The highest BCUT2D eigenvalue weighted by molar-refractivity contribution is 5.82. The summed E-state index contributed by atoms with van der Waals surface area (Å²) in [5.74, 6) is 0.998. The summed E-state index contributed by atoms with van der Waals surface area (Å²) in [4.78, 5) is 12.0. The molecule has 6 heteroatoms. The first-order valence-electron chi connectivity index (χ1n) is 8.44. The molecule has 0 aliphatic heterocycles. The smallest absolute Gasteiger partial charge is 0.239 e. The summed E-state index contributed by atoms with van der Waals surface area (Å²) >= 11 is 0. The number of ether oxygens (including phenoxy) is 3. The molecule has 2 atom stereocenters. The number of nitrogens with two attached hydrogens (primary N) is 1. The minimum absolute atomic E-state index is 0.175. The predicted molar refractivity (Wildman–Crippen MR) is 100 cm³/mol. The Morgan fingerprint density at radius 2 is 1.85 bits per heavy atom. The molecular weight excluding hydrogens is 332 g/mol. The van der Waals surface area contributed by atoms with Gasteiger partial charge in [0, 0.05) is 7.11 Å². The number of hydrogen-bond acceptors (Lipinski definition) is 5. The van der Waals surface area contributed by atoms with E-state index in [4.69, 9.17) is 19.9 Å². The zero-order valence-corrected chi connectivity index (χ0v) is 15.4. The molecule has 3 N–H and O–H groups in total.